The monoisotopic (exact) mass is 389 g/mol. The molecule has 0 aliphatic carbocycles. The van der Waals surface area contributed by atoms with Gasteiger partial charge in [-0.05, 0) is 41.8 Å². The fourth-order valence-corrected chi connectivity index (χ4v) is 3.97. The Labute approximate surface area is 169 Å². The molecule has 148 valence electrons. The largest absolute Gasteiger partial charge is 0.480 e. The van der Waals surface area contributed by atoms with Gasteiger partial charge in [-0.3, -0.25) is 0 Å². The molecule has 1 saturated heterocycles. The minimum atomic E-state index is 0.461. The highest BCUT2D eigenvalue weighted by Gasteiger charge is 2.23. The second-order valence-corrected chi connectivity index (χ2v) is 7.47. The van der Waals surface area contributed by atoms with Crippen molar-refractivity contribution >= 4 is 5.82 Å². The number of rotatable bonds is 3. The Morgan fingerprint density at radius 1 is 1.14 bits per heavy atom. The zero-order chi connectivity index (χ0) is 19.8. The second-order valence-electron chi connectivity index (χ2n) is 7.47. The number of piperazine rings is 1. The Morgan fingerprint density at radius 2 is 2.03 bits per heavy atom. The quantitative estimate of drug-likeness (QED) is 0.738. The highest BCUT2D eigenvalue weighted by atomic mass is 16.5. The third-order valence-corrected chi connectivity index (χ3v) is 5.47. The van der Waals surface area contributed by atoms with Crippen LogP contribution in [0.3, 0.4) is 0 Å². The summed E-state index contributed by atoms with van der Waals surface area (Å²) in [6.45, 7) is 5.58. The van der Waals surface area contributed by atoms with E-state index in [2.05, 4.69) is 57.7 Å². The molecule has 1 fully saturated rings. The number of methoxy groups -OCH3 is 1. The Bertz CT molecular complexity index is 1060. The summed E-state index contributed by atoms with van der Waals surface area (Å²) < 4.78 is 11.2. The number of benzene rings is 1. The number of nitrogens with one attached hydrogen (secondary N) is 1. The van der Waals surface area contributed by atoms with Gasteiger partial charge in [0, 0.05) is 42.9 Å². The van der Waals surface area contributed by atoms with Gasteiger partial charge in [-0.1, -0.05) is 12.1 Å². The van der Waals surface area contributed by atoms with Crippen molar-refractivity contribution in [3.63, 3.8) is 0 Å². The van der Waals surface area contributed by atoms with Gasteiger partial charge in [0.05, 0.1) is 13.3 Å². The predicted octanol–water partition coefficient (Wildman–Crippen LogP) is 2.90. The van der Waals surface area contributed by atoms with Gasteiger partial charge in [0.25, 0.3) is 0 Å². The predicted molar refractivity (Wildman–Crippen MR) is 111 cm³/mol. The molecule has 0 spiro atoms. The third kappa shape index (κ3) is 3.38. The summed E-state index contributed by atoms with van der Waals surface area (Å²) >= 11 is 0. The summed E-state index contributed by atoms with van der Waals surface area (Å²) in [6, 6.07) is 12.9. The molecule has 0 saturated carbocycles. The highest BCUT2D eigenvalue weighted by molar-refractivity contribution is 5.78. The van der Waals surface area contributed by atoms with Crippen LogP contribution in [0.5, 0.6) is 11.8 Å². The number of fused-ring (bicyclic) bond motifs is 3. The molecule has 5 rings (SSSR count). The van der Waals surface area contributed by atoms with Crippen LogP contribution < -0.4 is 19.7 Å². The number of aromatic nitrogens is 3. The van der Waals surface area contributed by atoms with Gasteiger partial charge < -0.3 is 19.7 Å². The van der Waals surface area contributed by atoms with E-state index in [1.54, 1.807) is 13.3 Å². The van der Waals surface area contributed by atoms with Gasteiger partial charge in [-0.15, -0.1) is 5.10 Å². The molecule has 4 heterocycles. The first-order valence-corrected chi connectivity index (χ1v) is 9.84. The SMILES string of the molecule is COc1cc(-c2ccc3c(c2)COc2nc(N4CCN[C@@H](C)C4)ccc2-3)cnn1. The molecule has 2 aliphatic rings. The lowest BCUT2D eigenvalue weighted by atomic mass is 9.95. The average Bonchev–Trinajstić information content (AvgIpc) is 2.78. The van der Waals surface area contributed by atoms with Crippen LogP contribution >= 0.6 is 0 Å². The molecule has 0 amide bonds. The first-order valence-electron chi connectivity index (χ1n) is 9.84. The third-order valence-electron chi connectivity index (χ3n) is 5.47. The van der Waals surface area contributed by atoms with E-state index in [-0.39, 0.29) is 0 Å². The lowest BCUT2D eigenvalue weighted by molar-refractivity contribution is 0.290. The lowest BCUT2D eigenvalue weighted by Crippen LogP contribution is -2.49. The molecule has 3 aromatic rings. The molecule has 0 radical (unpaired) electrons. The maximum Gasteiger partial charge on any atom is 0.233 e. The minimum Gasteiger partial charge on any atom is -0.480 e. The van der Waals surface area contributed by atoms with Gasteiger partial charge in [-0.25, -0.2) is 0 Å². The topological polar surface area (TPSA) is 72.4 Å². The van der Waals surface area contributed by atoms with Crippen molar-refractivity contribution in [1.82, 2.24) is 20.5 Å². The van der Waals surface area contributed by atoms with Crippen molar-refractivity contribution in [1.29, 1.82) is 0 Å². The normalized spacial score (nSPS) is 17.9. The van der Waals surface area contributed by atoms with Gasteiger partial charge in [0.2, 0.25) is 11.8 Å². The van der Waals surface area contributed by atoms with Crippen LogP contribution in [0.4, 0.5) is 5.82 Å². The number of anilines is 1. The molecule has 7 nitrogen and oxygen atoms in total. The summed E-state index contributed by atoms with van der Waals surface area (Å²) in [7, 11) is 1.59. The smallest absolute Gasteiger partial charge is 0.233 e. The standard InChI is InChI=1S/C22H23N5O2/c1-14-12-27(8-7-23-14)20-6-5-19-18-4-3-15(9-17(18)13-29-22(19)25-20)16-10-21(28-2)26-24-11-16/h3-6,9-11,14,23H,7-8,12-13H2,1-2H3/t14-/m0/s1. The summed E-state index contributed by atoms with van der Waals surface area (Å²) in [5.41, 5.74) is 5.36. The van der Waals surface area contributed by atoms with E-state index in [1.807, 2.05) is 6.07 Å². The van der Waals surface area contributed by atoms with E-state index in [1.165, 1.54) is 0 Å². The van der Waals surface area contributed by atoms with Crippen molar-refractivity contribution < 1.29 is 9.47 Å². The van der Waals surface area contributed by atoms with Gasteiger partial charge in [0.1, 0.15) is 12.4 Å². The molecule has 1 N–H and O–H groups in total. The average molecular weight is 389 g/mol. The molecule has 0 unspecified atom stereocenters. The Hall–Kier alpha value is -3.19. The summed E-state index contributed by atoms with van der Waals surface area (Å²) in [5.74, 6) is 2.19. The molecule has 0 bridgehead atoms. The molecule has 7 heteroatoms. The van der Waals surface area contributed by atoms with E-state index in [4.69, 9.17) is 14.5 Å². The Balaban J connectivity index is 1.46. The van der Waals surface area contributed by atoms with Crippen molar-refractivity contribution in [3.8, 4) is 34.0 Å². The highest BCUT2D eigenvalue weighted by Crippen LogP contribution is 2.39. The summed E-state index contributed by atoms with van der Waals surface area (Å²) in [6.07, 6.45) is 1.74. The molecular formula is C22H23N5O2. The number of ether oxygens (including phenoxy) is 2. The number of pyridine rings is 1. The lowest BCUT2D eigenvalue weighted by Gasteiger charge is -2.33. The van der Waals surface area contributed by atoms with Crippen LogP contribution in [0.1, 0.15) is 12.5 Å². The van der Waals surface area contributed by atoms with Crippen LogP contribution in [0.2, 0.25) is 0 Å². The zero-order valence-electron chi connectivity index (χ0n) is 16.6. The van der Waals surface area contributed by atoms with E-state index >= 15 is 0 Å². The second kappa shape index (κ2) is 7.33. The van der Waals surface area contributed by atoms with Crippen LogP contribution in [-0.4, -0.2) is 48.0 Å². The van der Waals surface area contributed by atoms with Crippen LogP contribution in [0.15, 0.2) is 42.6 Å². The molecular weight excluding hydrogens is 366 g/mol. The van der Waals surface area contributed by atoms with Gasteiger partial charge >= 0.3 is 0 Å². The van der Waals surface area contributed by atoms with E-state index in [0.29, 0.717) is 24.4 Å². The van der Waals surface area contributed by atoms with Crippen LogP contribution in [-0.2, 0) is 6.61 Å². The number of hydrogen-bond donors (Lipinski definition) is 1. The van der Waals surface area contributed by atoms with Crippen molar-refractivity contribution in [2.75, 3.05) is 31.6 Å². The molecule has 2 aliphatic heterocycles. The molecule has 29 heavy (non-hydrogen) atoms. The summed E-state index contributed by atoms with van der Waals surface area (Å²) in [5, 5.41) is 11.4. The van der Waals surface area contributed by atoms with E-state index in [9.17, 15) is 0 Å². The van der Waals surface area contributed by atoms with E-state index < -0.39 is 0 Å². The fourth-order valence-electron chi connectivity index (χ4n) is 3.97. The van der Waals surface area contributed by atoms with Crippen molar-refractivity contribution in [3.05, 3.63) is 48.2 Å². The molecule has 1 aromatic carbocycles. The number of hydrogen-bond acceptors (Lipinski definition) is 7. The number of nitrogens with zero attached hydrogens (tertiary/aromatic N) is 4. The van der Waals surface area contributed by atoms with Crippen molar-refractivity contribution in [2.24, 2.45) is 0 Å². The maximum atomic E-state index is 6.04. The first kappa shape index (κ1) is 17.9. The fraction of sp³-hybridized carbons (Fsp3) is 0.318. The summed E-state index contributed by atoms with van der Waals surface area (Å²) in [4.78, 5) is 7.13. The first-order chi connectivity index (χ1) is 14.2. The molecule has 1 atom stereocenters. The van der Waals surface area contributed by atoms with Gasteiger partial charge in [-0.2, -0.15) is 10.1 Å². The van der Waals surface area contributed by atoms with E-state index in [0.717, 1.165) is 53.3 Å². The van der Waals surface area contributed by atoms with Gasteiger partial charge in [0.15, 0.2) is 0 Å². The molecule has 2 aromatic heterocycles. The van der Waals surface area contributed by atoms with Crippen molar-refractivity contribution in [2.45, 2.75) is 19.6 Å². The zero-order valence-corrected chi connectivity index (χ0v) is 16.6. The van der Waals surface area contributed by atoms with Crippen LogP contribution in [0, 0.1) is 0 Å². The minimum absolute atomic E-state index is 0.461. The Kier molecular flexibility index (Phi) is 4.52. The maximum absolute atomic E-state index is 6.04. The Morgan fingerprint density at radius 3 is 2.90 bits per heavy atom. The van der Waals surface area contributed by atoms with Crippen LogP contribution in [0.25, 0.3) is 22.3 Å².